The highest BCUT2D eigenvalue weighted by atomic mass is 19.1. The molecule has 0 spiro atoms. The van der Waals surface area contributed by atoms with Crippen LogP contribution in [0.2, 0.25) is 0 Å². The fraction of sp³-hybridized carbons (Fsp3) is 0.250. The standard InChI is InChI=1S/C16H17FO3/c1-16(2,3)12-6-4-10(8-14(12)18)20-11-5-7-13(17)15(19)9-11/h4-9,18-19H,1-3H3. The molecule has 0 heterocycles. The smallest absolute Gasteiger partial charge is 0.165 e. The van der Waals surface area contributed by atoms with E-state index in [4.69, 9.17) is 4.74 Å². The summed E-state index contributed by atoms with van der Waals surface area (Å²) < 4.78 is 18.4. The second-order valence-corrected chi connectivity index (χ2v) is 5.64. The maximum Gasteiger partial charge on any atom is 0.165 e. The molecule has 0 unspecified atom stereocenters. The monoisotopic (exact) mass is 276 g/mol. The third-order valence-corrected chi connectivity index (χ3v) is 2.93. The molecule has 0 saturated heterocycles. The lowest BCUT2D eigenvalue weighted by Gasteiger charge is -2.20. The highest BCUT2D eigenvalue weighted by Crippen LogP contribution is 2.35. The molecule has 2 N–H and O–H groups in total. The van der Waals surface area contributed by atoms with Crippen LogP contribution in [0.25, 0.3) is 0 Å². The lowest BCUT2D eigenvalue weighted by atomic mass is 9.86. The first-order valence-corrected chi connectivity index (χ1v) is 6.27. The van der Waals surface area contributed by atoms with Gasteiger partial charge in [-0.15, -0.1) is 0 Å². The number of rotatable bonds is 2. The van der Waals surface area contributed by atoms with Crippen molar-refractivity contribution in [2.75, 3.05) is 0 Å². The van der Waals surface area contributed by atoms with Crippen molar-refractivity contribution in [1.29, 1.82) is 0 Å². The predicted molar refractivity (Wildman–Crippen MR) is 74.9 cm³/mol. The fourth-order valence-corrected chi connectivity index (χ4v) is 1.90. The van der Waals surface area contributed by atoms with E-state index in [1.165, 1.54) is 18.2 Å². The van der Waals surface area contributed by atoms with E-state index in [0.29, 0.717) is 11.5 Å². The van der Waals surface area contributed by atoms with Crippen LogP contribution < -0.4 is 4.74 Å². The summed E-state index contributed by atoms with van der Waals surface area (Å²) in [4.78, 5) is 0. The summed E-state index contributed by atoms with van der Waals surface area (Å²) in [5.74, 6) is -0.323. The summed E-state index contributed by atoms with van der Waals surface area (Å²) in [7, 11) is 0. The SMILES string of the molecule is CC(C)(C)c1ccc(Oc2ccc(F)c(O)c2)cc1O. The summed E-state index contributed by atoms with van der Waals surface area (Å²) in [6.45, 7) is 6.00. The molecule has 0 fully saturated rings. The van der Waals surface area contributed by atoms with Crippen molar-refractivity contribution in [2.24, 2.45) is 0 Å². The first kappa shape index (κ1) is 14.2. The van der Waals surface area contributed by atoms with E-state index < -0.39 is 11.6 Å². The van der Waals surface area contributed by atoms with E-state index in [9.17, 15) is 14.6 Å². The second kappa shape index (κ2) is 5.04. The minimum absolute atomic E-state index is 0.140. The number of halogens is 1. The summed E-state index contributed by atoms with van der Waals surface area (Å²) in [5.41, 5.74) is 0.642. The molecular weight excluding hydrogens is 259 g/mol. The largest absolute Gasteiger partial charge is 0.508 e. The minimum atomic E-state index is -0.705. The highest BCUT2D eigenvalue weighted by molar-refractivity contribution is 5.45. The van der Waals surface area contributed by atoms with Crippen molar-refractivity contribution in [1.82, 2.24) is 0 Å². The summed E-state index contributed by atoms with van der Waals surface area (Å²) in [6, 6.07) is 8.72. The van der Waals surface area contributed by atoms with Gasteiger partial charge in [0.25, 0.3) is 0 Å². The van der Waals surface area contributed by atoms with Crippen LogP contribution in [0.5, 0.6) is 23.0 Å². The van der Waals surface area contributed by atoms with Gasteiger partial charge in [0.15, 0.2) is 11.6 Å². The molecule has 106 valence electrons. The van der Waals surface area contributed by atoms with Gasteiger partial charge in [0.2, 0.25) is 0 Å². The number of ether oxygens (including phenoxy) is 1. The molecule has 2 rings (SSSR count). The zero-order valence-corrected chi connectivity index (χ0v) is 11.6. The Morgan fingerprint density at radius 2 is 1.45 bits per heavy atom. The van der Waals surface area contributed by atoms with Gasteiger partial charge < -0.3 is 14.9 Å². The normalized spacial score (nSPS) is 11.4. The average Bonchev–Trinajstić information content (AvgIpc) is 2.32. The first-order chi connectivity index (χ1) is 9.27. The molecule has 0 aliphatic rings. The molecule has 0 aliphatic carbocycles. The van der Waals surface area contributed by atoms with Crippen LogP contribution >= 0.6 is 0 Å². The molecule has 0 amide bonds. The third kappa shape index (κ3) is 3.02. The third-order valence-electron chi connectivity index (χ3n) is 2.93. The van der Waals surface area contributed by atoms with Crippen LogP contribution in [-0.4, -0.2) is 10.2 Å². The van der Waals surface area contributed by atoms with Crippen LogP contribution in [0.3, 0.4) is 0 Å². The van der Waals surface area contributed by atoms with E-state index in [1.807, 2.05) is 20.8 Å². The maximum atomic E-state index is 12.9. The van der Waals surface area contributed by atoms with Crippen molar-refractivity contribution < 1.29 is 19.3 Å². The van der Waals surface area contributed by atoms with Gasteiger partial charge in [0.05, 0.1) is 0 Å². The van der Waals surface area contributed by atoms with Gasteiger partial charge in [0, 0.05) is 12.1 Å². The Morgan fingerprint density at radius 3 is 1.95 bits per heavy atom. The zero-order valence-electron chi connectivity index (χ0n) is 11.6. The number of phenols is 2. The molecule has 0 aliphatic heterocycles. The van der Waals surface area contributed by atoms with Crippen LogP contribution in [0.4, 0.5) is 4.39 Å². The van der Waals surface area contributed by atoms with Gasteiger partial charge in [-0.3, -0.25) is 0 Å². The predicted octanol–water partition coefficient (Wildman–Crippen LogP) is 4.33. The van der Waals surface area contributed by atoms with E-state index >= 15 is 0 Å². The van der Waals surface area contributed by atoms with Crippen molar-refractivity contribution in [3.8, 4) is 23.0 Å². The van der Waals surface area contributed by atoms with Gasteiger partial charge in [-0.05, 0) is 29.2 Å². The second-order valence-electron chi connectivity index (χ2n) is 5.64. The minimum Gasteiger partial charge on any atom is -0.508 e. The maximum absolute atomic E-state index is 12.9. The van der Waals surface area contributed by atoms with Crippen LogP contribution in [0.15, 0.2) is 36.4 Å². The number of benzene rings is 2. The van der Waals surface area contributed by atoms with Crippen LogP contribution in [0.1, 0.15) is 26.3 Å². The quantitative estimate of drug-likeness (QED) is 0.858. The molecule has 0 atom stereocenters. The highest BCUT2D eigenvalue weighted by Gasteiger charge is 2.18. The van der Waals surface area contributed by atoms with E-state index in [2.05, 4.69) is 0 Å². The molecule has 20 heavy (non-hydrogen) atoms. The van der Waals surface area contributed by atoms with E-state index in [1.54, 1.807) is 12.1 Å². The Hall–Kier alpha value is -2.23. The molecule has 0 radical (unpaired) electrons. The first-order valence-electron chi connectivity index (χ1n) is 6.27. The molecular formula is C16H17FO3. The molecule has 3 nitrogen and oxygen atoms in total. The number of phenolic OH excluding ortho intramolecular Hbond substituents is 2. The molecule has 2 aromatic rings. The van der Waals surface area contributed by atoms with Crippen molar-refractivity contribution in [2.45, 2.75) is 26.2 Å². The number of aromatic hydroxyl groups is 2. The molecule has 0 saturated carbocycles. The average molecular weight is 276 g/mol. The zero-order chi connectivity index (χ0) is 14.9. The molecule has 4 heteroatoms. The molecule has 0 bridgehead atoms. The summed E-state index contributed by atoms with van der Waals surface area (Å²) in [6.07, 6.45) is 0. The Morgan fingerprint density at radius 1 is 0.900 bits per heavy atom. The lowest BCUT2D eigenvalue weighted by molar-refractivity contribution is 0.418. The number of hydrogen-bond acceptors (Lipinski definition) is 3. The molecule has 0 aromatic heterocycles. The van der Waals surface area contributed by atoms with E-state index in [-0.39, 0.29) is 11.2 Å². The Labute approximate surface area is 117 Å². The van der Waals surface area contributed by atoms with Crippen molar-refractivity contribution in [3.63, 3.8) is 0 Å². The van der Waals surface area contributed by atoms with Crippen molar-refractivity contribution >= 4 is 0 Å². The molecule has 2 aromatic carbocycles. The summed E-state index contributed by atoms with van der Waals surface area (Å²) >= 11 is 0. The van der Waals surface area contributed by atoms with Gasteiger partial charge >= 0.3 is 0 Å². The van der Waals surface area contributed by atoms with Crippen LogP contribution in [-0.2, 0) is 5.41 Å². The van der Waals surface area contributed by atoms with Crippen molar-refractivity contribution in [3.05, 3.63) is 47.8 Å². The fourth-order valence-electron chi connectivity index (χ4n) is 1.90. The Bertz CT molecular complexity index is 630. The number of hydrogen-bond donors (Lipinski definition) is 2. The topological polar surface area (TPSA) is 49.7 Å². The van der Waals surface area contributed by atoms with E-state index in [0.717, 1.165) is 11.6 Å². The van der Waals surface area contributed by atoms with Gasteiger partial charge in [-0.1, -0.05) is 26.8 Å². The van der Waals surface area contributed by atoms with Gasteiger partial charge in [-0.2, -0.15) is 0 Å². The lowest BCUT2D eigenvalue weighted by Crippen LogP contribution is -2.11. The Kier molecular flexibility index (Phi) is 3.57. The van der Waals surface area contributed by atoms with Gasteiger partial charge in [0.1, 0.15) is 17.2 Å². The Balaban J connectivity index is 2.26. The van der Waals surface area contributed by atoms with Gasteiger partial charge in [-0.25, -0.2) is 4.39 Å². The summed E-state index contributed by atoms with van der Waals surface area (Å²) in [5, 5.41) is 19.3. The van der Waals surface area contributed by atoms with Crippen LogP contribution in [0, 0.1) is 5.82 Å².